The van der Waals surface area contributed by atoms with Gasteiger partial charge < -0.3 is 0 Å². The van der Waals surface area contributed by atoms with Crippen LogP contribution in [0.5, 0.6) is 0 Å². The lowest BCUT2D eigenvalue weighted by molar-refractivity contribution is 0.775. The third kappa shape index (κ3) is 2.89. The Morgan fingerprint density at radius 3 is 1.96 bits per heavy atom. The highest BCUT2D eigenvalue weighted by Crippen LogP contribution is 2.57. The molecule has 0 atom stereocenters. The van der Waals surface area contributed by atoms with Crippen LogP contribution in [0.4, 0.5) is 0 Å². The Morgan fingerprint density at radius 2 is 1.13 bits per heavy atom. The standard InChI is InChI=1S/C43H25BN2/c1-3-13-33-29(10-1)30-11-2-4-14-34(30)43(33)35-15-5-6-17-38(35)44-37-22-20-28(25-32(37)31-12-7-16-36(43)40(31)44)39-23-21-27-19-18-26-9-8-24-45-41(26)42(27)46-39/h1-25H. The van der Waals surface area contributed by atoms with Crippen molar-refractivity contribution in [1.29, 1.82) is 0 Å². The van der Waals surface area contributed by atoms with Gasteiger partial charge >= 0.3 is 0 Å². The molecule has 0 fully saturated rings. The summed E-state index contributed by atoms with van der Waals surface area (Å²) in [5.74, 6) is 0. The van der Waals surface area contributed by atoms with Crippen LogP contribution in [0, 0.1) is 0 Å². The van der Waals surface area contributed by atoms with Gasteiger partial charge in [0.2, 0.25) is 6.71 Å². The molecule has 210 valence electrons. The van der Waals surface area contributed by atoms with E-state index in [-0.39, 0.29) is 12.1 Å². The fourth-order valence-electron chi connectivity index (χ4n) is 9.05. The van der Waals surface area contributed by atoms with Crippen molar-refractivity contribution in [3.8, 4) is 33.5 Å². The van der Waals surface area contributed by atoms with Gasteiger partial charge in [0.1, 0.15) is 0 Å². The van der Waals surface area contributed by atoms with Crippen molar-refractivity contribution >= 4 is 44.9 Å². The van der Waals surface area contributed by atoms with Crippen molar-refractivity contribution < 1.29 is 0 Å². The van der Waals surface area contributed by atoms with Crippen LogP contribution < -0.4 is 16.4 Å². The third-order valence-corrected chi connectivity index (χ3v) is 10.8. The lowest BCUT2D eigenvalue weighted by Gasteiger charge is -2.42. The highest BCUT2D eigenvalue weighted by atomic mass is 14.8. The first-order valence-electron chi connectivity index (χ1n) is 16.0. The second kappa shape index (κ2) is 8.68. The molecule has 46 heavy (non-hydrogen) atoms. The minimum atomic E-state index is -0.357. The minimum Gasteiger partial charge on any atom is -0.254 e. The fourth-order valence-corrected chi connectivity index (χ4v) is 9.05. The van der Waals surface area contributed by atoms with E-state index >= 15 is 0 Å². The zero-order valence-electron chi connectivity index (χ0n) is 24.9. The molecule has 0 amide bonds. The van der Waals surface area contributed by atoms with Crippen molar-refractivity contribution in [1.82, 2.24) is 9.97 Å². The maximum absolute atomic E-state index is 5.21. The molecular formula is C43H25BN2. The Morgan fingerprint density at radius 1 is 0.457 bits per heavy atom. The second-order valence-corrected chi connectivity index (χ2v) is 12.8. The maximum atomic E-state index is 5.21. The summed E-state index contributed by atoms with van der Waals surface area (Å²) in [6.07, 6.45) is 1.85. The van der Waals surface area contributed by atoms with Gasteiger partial charge in [-0.2, -0.15) is 0 Å². The maximum Gasteiger partial charge on any atom is 0.243 e. The molecule has 3 aliphatic rings. The van der Waals surface area contributed by atoms with Crippen molar-refractivity contribution in [2.45, 2.75) is 5.41 Å². The van der Waals surface area contributed by atoms with Gasteiger partial charge in [-0.15, -0.1) is 0 Å². The molecule has 3 heteroatoms. The zero-order chi connectivity index (χ0) is 30.0. The topological polar surface area (TPSA) is 25.8 Å². The summed E-state index contributed by atoms with van der Waals surface area (Å²) in [4.78, 5) is 9.90. The molecule has 2 aliphatic heterocycles. The molecule has 0 bridgehead atoms. The molecule has 11 rings (SSSR count). The highest BCUT2D eigenvalue weighted by Gasteiger charge is 2.54. The first kappa shape index (κ1) is 24.5. The Hall–Kier alpha value is -5.80. The molecule has 1 aliphatic carbocycles. The van der Waals surface area contributed by atoms with Crippen LogP contribution in [0.1, 0.15) is 22.3 Å². The van der Waals surface area contributed by atoms with Gasteiger partial charge in [0.15, 0.2) is 0 Å². The van der Waals surface area contributed by atoms with E-state index in [1.165, 1.54) is 60.9 Å². The molecule has 0 N–H and O–H groups in total. The molecule has 6 aromatic carbocycles. The zero-order valence-corrected chi connectivity index (χ0v) is 24.9. The summed E-state index contributed by atoms with van der Waals surface area (Å²) in [7, 11) is 0. The van der Waals surface area contributed by atoms with E-state index in [4.69, 9.17) is 9.97 Å². The van der Waals surface area contributed by atoms with Crippen LogP contribution >= 0.6 is 0 Å². The van der Waals surface area contributed by atoms with Gasteiger partial charge in [0.25, 0.3) is 0 Å². The SMILES string of the molecule is c1ccc2c(c1)B1c3ccc(-c4ccc5ccc6cccnc6c5n4)cc3-c3cccc(c31)C21c2ccccc2-c2ccccc21. The first-order chi connectivity index (χ1) is 22.8. The monoisotopic (exact) mass is 580 g/mol. The number of hydrogen-bond acceptors (Lipinski definition) is 2. The minimum absolute atomic E-state index is 0.190. The number of nitrogens with zero attached hydrogens (tertiary/aromatic N) is 2. The molecule has 0 unspecified atom stereocenters. The lowest BCUT2D eigenvalue weighted by atomic mass is 9.32. The lowest BCUT2D eigenvalue weighted by Crippen LogP contribution is -2.59. The van der Waals surface area contributed by atoms with Gasteiger partial charge in [-0.05, 0) is 62.7 Å². The van der Waals surface area contributed by atoms with Crippen molar-refractivity contribution in [3.63, 3.8) is 0 Å². The summed E-state index contributed by atoms with van der Waals surface area (Å²) in [6.45, 7) is 0.190. The van der Waals surface area contributed by atoms with Gasteiger partial charge in [-0.3, -0.25) is 4.98 Å². The Bertz CT molecular complexity index is 2570. The van der Waals surface area contributed by atoms with Crippen molar-refractivity contribution in [2.24, 2.45) is 0 Å². The molecular weight excluding hydrogens is 555 g/mol. The molecule has 0 saturated heterocycles. The van der Waals surface area contributed by atoms with Crippen LogP contribution in [0.15, 0.2) is 152 Å². The number of benzene rings is 6. The Kier molecular flexibility index (Phi) is 4.63. The Balaban J connectivity index is 1.18. The van der Waals surface area contributed by atoms with Crippen LogP contribution in [0.25, 0.3) is 55.3 Å². The summed E-state index contributed by atoms with van der Waals surface area (Å²) in [5, 5.41) is 2.22. The first-order valence-corrected chi connectivity index (χ1v) is 16.0. The molecule has 8 aromatic rings. The largest absolute Gasteiger partial charge is 0.254 e. The van der Waals surface area contributed by atoms with E-state index in [0.717, 1.165) is 33.1 Å². The normalized spacial score (nSPS) is 14.2. The number of rotatable bonds is 1. The van der Waals surface area contributed by atoms with Crippen LogP contribution in [0.3, 0.4) is 0 Å². The van der Waals surface area contributed by atoms with E-state index < -0.39 is 0 Å². The van der Waals surface area contributed by atoms with Crippen molar-refractivity contribution in [3.05, 3.63) is 174 Å². The quantitative estimate of drug-likeness (QED) is 0.148. The van der Waals surface area contributed by atoms with E-state index in [9.17, 15) is 0 Å². The number of fused-ring (bicyclic) bond motifs is 15. The predicted octanol–water partition coefficient (Wildman–Crippen LogP) is 7.62. The average Bonchev–Trinajstić information content (AvgIpc) is 3.62. The van der Waals surface area contributed by atoms with Crippen LogP contribution in [-0.2, 0) is 5.41 Å². The highest BCUT2D eigenvalue weighted by molar-refractivity contribution is 7.00. The fraction of sp³-hybridized carbons (Fsp3) is 0.0233. The second-order valence-electron chi connectivity index (χ2n) is 12.8. The van der Waals surface area contributed by atoms with Gasteiger partial charge in [0.05, 0.1) is 22.1 Å². The molecule has 0 saturated carbocycles. The molecule has 4 heterocycles. The van der Waals surface area contributed by atoms with Gasteiger partial charge in [0, 0.05) is 22.5 Å². The van der Waals surface area contributed by atoms with E-state index in [0.29, 0.717) is 0 Å². The van der Waals surface area contributed by atoms with Crippen LogP contribution in [0.2, 0.25) is 0 Å². The number of aromatic nitrogens is 2. The van der Waals surface area contributed by atoms with E-state index in [1.807, 2.05) is 12.3 Å². The average molecular weight is 580 g/mol. The predicted molar refractivity (Wildman–Crippen MR) is 190 cm³/mol. The number of hydrogen-bond donors (Lipinski definition) is 0. The van der Waals surface area contributed by atoms with Gasteiger partial charge in [-0.25, -0.2) is 4.98 Å². The third-order valence-electron chi connectivity index (χ3n) is 10.8. The smallest absolute Gasteiger partial charge is 0.243 e. The van der Waals surface area contributed by atoms with Gasteiger partial charge in [-0.1, -0.05) is 144 Å². The molecule has 1 spiro atoms. The summed E-state index contributed by atoms with van der Waals surface area (Å²) < 4.78 is 0. The Labute approximate surface area is 267 Å². The van der Waals surface area contributed by atoms with E-state index in [1.54, 1.807) is 0 Å². The summed E-state index contributed by atoms with van der Waals surface area (Å²) in [5.41, 5.74) is 18.8. The number of pyridine rings is 2. The molecule has 2 nitrogen and oxygen atoms in total. The van der Waals surface area contributed by atoms with Crippen molar-refractivity contribution in [2.75, 3.05) is 0 Å². The van der Waals surface area contributed by atoms with Crippen LogP contribution in [-0.4, -0.2) is 16.7 Å². The van der Waals surface area contributed by atoms with E-state index in [2.05, 4.69) is 140 Å². The molecule has 2 aromatic heterocycles. The summed E-state index contributed by atoms with van der Waals surface area (Å²) >= 11 is 0. The summed E-state index contributed by atoms with van der Waals surface area (Å²) in [6, 6.07) is 54.0. The molecule has 0 radical (unpaired) electrons.